The van der Waals surface area contributed by atoms with Crippen molar-refractivity contribution >= 4 is 22.1 Å². The maximum absolute atomic E-state index is 3.61. The first-order valence-electron chi connectivity index (χ1n) is 8.81. The molecular formula is C24H23N. The second-order valence-corrected chi connectivity index (χ2v) is 5.57. The van der Waals surface area contributed by atoms with Gasteiger partial charge in [-0.25, -0.2) is 0 Å². The van der Waals surface area contributed by atoms with Crippen LogP contribution in [0.15, 0.2) is 97.1 Å². The minimum Gasteiger partial charge on any atom is -0.355 e. The smallest absolute Gasteiger partial charge is 0.0543 e. The quantitative estimate of drug-likeness (QED) is 0.417. The number of fused-ring (bicyclic) bond motifs is 1. The Morgan fingerprint density at radius 2 is 1.16 bits per heavy atom. The van der Waals surface area contributed by atoms with Crippen LogP contribution in [0.4, 0.5) is 11.4 Å². The van der Waals surface area contributed by atoms with E-state index in [4.69, 9.17) is 0 Å². The Balaban J connectivity index is 0.000000880. The van der Waals surface area contributed by atoms with Crippen LogP contribution in [0.25, 0.3) is 21.9 Å². The standard InChI is InChI=1S/C22H17N.C2H6/c1-3-9-17(10-4-1)21-16-15-18-11-7-8-14-20(18)22(21)23-19-12-5-2-6-13-19;1-2/h1-16,23H;1-2H3. The van der Waals surface area contributed by atoms with Gasteiger partial charge in [-0.3, -0.25) is 0 Å². The molecule has 0 aliphatic carbocycles. The van der Waals surface area contributed by atoms with Crippen LogP contribution in [0.3, 0.4) is 0 Å². The first-order chi connectivity index (χ1) is 12.4. The molecule has 0 aliphatic heterocycles. The summed E-state index contributed by atoms with van der Waals surface area (Å²) in [6.07, 6.45) is 0. The normalized spacial score (nSPS) is 10.0. The summed E-state index contributed by atoms with van der Waals surface area (Å²) in [7, 11) is 0. The molecule has 0 saturated carbocycles. The summed E-state index contributed by atoms with van der Waals surface area (Å²) in [4.78, 5) is 0. The molecule has 4 aromatic carbocycles. The molecular weight excluding hydrogens is 302 g/mol. The monoisotopic (exact) mass is 325 g/mol. The van der Waals surface area contributed by atoms with Gasteiger partial charge >= 0.3 is 0 Å². The van der Waals surface area contributed by atoms with Gasteiger partial charge < -0.3 is 5.32 Å². The van der Waals surface area contributed by atoms with Crippen LogP contribution in [-0.4, -0.2) is 0 Å². The third-order valence-corrected chi connectivity index (χ3v) is 4.06. The largest absolute Gasteiger partial charge is 0.355 e. The van der Waals surface area contributed by atoms with Crippen molar-refractivity contribution in [3.63, 3.8) is 0 Å². The number of hydrogen-bond acceptors (Lipinski definition) is 1. The van der Waals surface area contributed by atoms with Gasteiger partial charge in [0.2, 0.25) is 0 Å². The highest BCUT2D eigenvalue weighted by atomic mass is 14.9. The molecule has 0 heterocycles. The van der Waals surface area contributed by atoms with E-state index in [2.05, 4.69) is 96.3 Å². The van der Waals surface area contributed by atoms with E-state index in [1.165, 1.54) is 21.9 Å². The van der Waals surface area contributed by atoms with E-state index in [0.717, 1.165) is 11.4 Å². The molecule has 4 aromatic rings. The minimum atomic E-state index is 1.10. The van der Waals surface area contributed by atoms with E-state index in [0.29, 0.717) is 0 Å². The molecule has 0 spiro atoms. The van der Waals surface area contributed by atoms with Gasteiger partial charge in [-0.2, -0.15) is 0 Å². The summed E-state index contributed by atoms with van der Waals surface area (Å²) in [5, 5.41) is 6.09. The van der Waals surface area contributed by atoms with Crippen molar-refractivity contribution in [3.05, 3.63) is 97.1 Å². The number of rotatable bonds is 3. The van der Waals surface area contributed by atoms with Crippen molar-refractivity contribution in [2.24, 2.45) is 0 Å². The van der Waals surface area contributed by atoms with Gasteiger partial charge in [0.1, 0.15) is 0 Å². The van der Waals surface area contributed by atoms with Gasteiger partial charge in [-0.05, 0) is 23.1 Å². The molecule has 0 unspecified atom stereocenters. The van der Waals surface area contributed by atoms with Crippen LogP contribution in [0.5, 0.6) is 0 Å². The summed E-state index contributed by atoms with van der Waals surface area (Å²) in [6.45, 7) is 4.00. The van der Waals surface area contributed by atoms with Crippen molar-refractivity contribution in [1.82, 2.24) is 0 Å². The minimum absolute atomic E-state index is 1.10. The predicted octanol–water partition coefficient (Wildman–Crippen LogP) is 7.28. The van der Waals surface area contributed by atoms with E-state index in [9.17, 15) is 0 Å². The zero-order valence-electron chi connectivity index (χ0n) is 14.7. The van der Waals surface area contributed by atoms with Crippen LogP contribution in [0, 0.1) is 0 Å². The lowest BCUT2D eigenvalue weighted by atomic mass is 9.98. The molecule has 0 amide bonds. The second-order valence-electron chi connectivity index (χ2n) is 5.57. The Morgan fingerprint density at radius 1 is 0.560 bits per heavy atom. The Labute approximate surface area is 150 Å². The molecule has 25 heavy (non-hydrogen) atoms. The number of para-hydroxylation sites is 1. The third-order valence-electron chi connectivity index (χ3n) is 4.06. The van der Waals surface area contributed by atoms with E-state index >= 15 is 0 Å². The van der Waals surface area contributed by atoms with Gasteiger partial charge in [0.25, 0.3) is 0 Å². The first kappa shape index (κ1) is 16.8. The molecule has 4 rings (SSSR count). The van der Waals surface area contributed by atoms with Gasteiger partial charge in [0.05, 0.1) is 5.69 Å². The Morgan fingerprint density at radius 3 is 1.88 bits per heavy atom. The fourth-order valence-corrected chi connectivity index (χ4v) is 2.93. The second kappa shape index (κ2) is 8.16. The van der Waals surface area contributed by atoms with E-state index in [-0.39, 0.29) is 0 Å². The van der Waals surface area contributed by atoms with Crippen molar-refractivity contribution in [1.29, 1.82) is 0 Å². The van der Waals surface area contributed by atoms with Gasteiger partial charge in [0, 0.05) is 16.6 Å². The number of anilines is 2. The summed E-state index contributed by atoms with van der Waals surface area (Å²) in [6, 6.07) is 33.7. The highest BCUT2D eigenvalue weighted by molar-refractivity contribution is 6.03. The molecule has 0 fully saturated rings. The van der Waals surface area contributed by atoms with E-state index in [1.54, 1.807) is 0 Å². The summed E-state index contributed by atoms with van der Waals surface area (Å²) in [5.41, 5.74) is 4.69. The van der Waals surface area contributed by atoms with Crippen molar-refractivity contribution in [3.8, 4) is 11.1 Å². The predicted molar refractivity (Wildman–Crippen MR) is 110 cm³/mol. The maximum atomic E-state index is 3.61. The molecule has 1 N–H and O–H groups in total. The third kappa shape index (κ3) is 3.72. The van der Waals surface area contributed by atoms with Crippen molar-refractivity contribution < 1.29 is 0 Å². The van der Waals surface area contributed by atoms with E-state index in [1.807, 2.05) is 19.9 Å². The fraction of sp³-hybridized carbons (Fsp3) is 0.0833. The fourth-order valence-electron chi connectivity index (χ4n) is 2.93. The molecule has 0 atom stereocenters. The van der Waals surface area contributed by atoms with Gasteiger partial charge in [0.15, 0.2) is 0 Å². The van der Waals surface area contributed by atoms with Crippen molar-refractivity contribution in [2.45, 2.75) is 13.8 Å². The lowest BCUT2D eigenvalue weighted by Crippen LogP contribution is -1.94. The average molecular weight is 325 g/mol. The molecule has 1 heteroatoms. The molecule has 0 aliphatic rings. The SMILES string of the molecule is CC.c1ccc(Nc2c(-c3ccccc3)ccc3ccccc23)cc1. The maximum Gasteiger partial charge on any atom is 0.0543 e. The Kier molecular flexibility index (Phi) is 5.48. The molecule has 1 nitrogen and oxygen atoms in total. The summed E-state index contributed by atoms with van der Waals surface area (Å²) >= 11 is 0. The number of benzene rings is 4. The highest BCUT2D eigenvalue weighted by Gasteiger charge is 2.09. The lowest BCUT2D eigenvalue weighted by Gasteiger charge is -2.15. The topological polar surface area (TPSA) is 12.0 Å². The Bertz CT molecular complexity index is 928. The van der Waals surface area contributed by atoms with Crippen LogP contribution in [0.2, 0.25) is 0 Å². The van der Waals surface area contributed by atoms with Crippen LogP contribution >= 0.6 is 0 Å². The lowest BCUT2D eigenvalue weighted by molar-refractivity contribution is 1.50. The Hall–Kier alpha value is -3.06. The zero-order valence-corrected chi connectivity index (χ0v) is 14.7. The van der Waals surface area contributed by atoms with Crippen LogP contribution < -0.4 is 5.32 Å². The van der Waals surface area contributed by atoms with Crippen LogP contribution in [-0.2, 0) is 0 Å². The van der Waals surface area contributed by atoms with Gasteiger partial charge in [-0.15, -0.1) is 0 Å². The molecule has 124 valence electrons. The van der Waals surface area contributed by atoms with Crippen molar-refractivity contribution in [2.75, 3.05) is 5.32 Å². The van der Waals surface area contributed by atoms with E-state index < -0.39 is 0 Å². The number of nitrogens with one attached hydrogen (secondary N) is 1. The molecule has 0 aromatic heterocycles. The average Bonchev–Trinajstić information content (AvgIpc) is 2.71. The van der Waals surface area contributed by atoms with Gasteiger partial charge in [-0.1, -0.05) is 98.8 Å². The molecule has 0 saturated heterocycles. The number of hydrogen-bond donors (Lipinski definition) is 1. The van der Waals surface area contributed by atoms with Crippen LogP contribution in [0.1, 0.15) is 13.8 Å². The molecule has 0 bridgehead atoms. The molecule has 0 radical (unpaired) electrons. The zero-order chi connectivity index (χ0) is 17.5. The first-order valence-corrected chi connectivity index (χ1v) is 8.81. The summed E-state index contributed by atoms with van der Waals surface area (Å²) in [5.74, 6) is 0. The highest BCUT2D eigenvalue weighted by Crippen LogP contribution is 2.36. The summed E-state index contributed by atoms with van der Waals surface area (Å²) < 4.78 is 0.